The third kappa shape index (κ3) is 4.53. The van der Waals surface area contributed by atoms with Gasteiger partial charge in [0, 0.05) is 17.0 Å². The van der Waals surface area contributed by atoms with Crippen molar-refractivity contribution in [3.63, 3.8) is 0 Å². The van der Waals surface area contributed by atoms with Gasteiger partial charge in [-0.2, -0.15) is 0 Å². The van der Waals surface area contributed by atoms with Crippen molar-refractivity contribution in [2.45, 2.75) is 4.90 Å². The molecule has 1 aromatic heterocycles. The second-order valence-corrected chi connectivity index (χ2v) is 6.25. The van der Waals surface area contributed by atoms with E-state index in [0.717, 1.165) is 0 Å². The molecule has 0 aliphatic rings. The number of fused-ring (bicyclic) bond motifs is 1. The van der Waals surface area contributed by atoms with Crippen LogP contribution in [0.2, 0.25) is 0 Å². The Morgan fingerprint density at radius 1 is 1.04 bits per heavy atom. The van der Waals surface area contributed by atoms with E-state index in [1.165, 1.54) is 6.07 Å². The fourth-order valence-electron chi connectivity index (χ4n) is 2.14. The minimum atomic E-state index is -3.98. The van der Waals surface area contributed by atoms with Gasteiger partial charge in [-0.3, -0.25) is 0 Å². The maximum atomic E-state index is 11.8. The van der Waals surface area contributed by atoms with Crippen LogP contribution in [0.5, 0.6) is 5.75 Å². The Balaban J connectivity index is 0.00000109. The zero-order valence-corrected chi connectivity index (χ0v) is 15.0. The third-order valence-electron chi connectivity index (χ3n) is 3.17. The van der Waals surface area contributed by atoms with Crippen LogP contribution in [-0.2, 0) is 25.1 Å². The number of nitrogens with two attached hydrogens (primary N) is 1. The molecule has 10 heteroatoms. The van der Waals surface area contributed by atoms with E-state index in [1.54, 1.807) is 48.7 Å². The van der Waals surface area contributed by atoms with Crippen molar-refractivity contribution in [1.29, 1.82) is 0 Å². The number of aromatic hydroxyl groups is 1. The fraction of sp³-hybridized carbons (Fsp3) is 0. The molecule has 0 radical (unpaired) electrons. The fourth-order valence-corrected chi connectivity index (χ4v) is 2.90. The number of nitrogens with zero attached hydrogens (tertiary/aromatic N) is 3. The Morgan fingerprint density at radius 2 is 1.68 bits per heavy atom. The molecule has 0 aliphatic heterocycles. The molecule has 0 amide bonds. The summed E-state index contributed by atoms with van der Waals surface area (Å²) in [4.78, 5) is 3.85. The summed E-state index contributed by atoms with van der Waals surface area (Å²) in [7, 11) is 0.221. The number of primary sulfonamides is 1. The standard InChI is InChI=1S/C15H12N4O3S.ClH.Cu/c16-23(21,22)13-9-12(18-19-14-7-3-4-8-17-14)15(20)11-6-2-1-5-10(11)13;;/h1-9,20H,(H2,16,21,22);1H;/q;;+1/p-1. The monoisotopic (exact) mass is 426 g/mol. The van der Waals surface area contributed by atoms with Crippen LogP contribution in [0.25, 0.3) is 10.8 Å². The summed E-state index contributed by atoms with van der Waals surface area (Å²) < 4.78 is 23.6. The van der Waals surface area contributed by atoms with E-state index in [1.807, 2.05) is 0 Å². The van der Waals surface area contributed by atoms with Crippen LogP contribution < -0.4 is 5.14 Å². The summed E-state index contributed by atoms with van der Waals surface area (Å²) in [5.74, 6) is 0.157. The van der Waals surface area contributed by atoms with Gasteiger partial charge in [-0.25, -0.2) is 18.5 Å². The van der Waals surface area contributed by atoms with Crippen molar-refractivity contribution in [3.8, 4) is 5.75 Å². The van der Waals surface area contributed by atoms with Crippen molar-refractivity contribution in [2.24, 2.45) is 15.4 Å². The quantitative estimate of drug-likeness (QED) is 0.490. The molecule has 0 spiro atoms. The first-order valence-corrected chi connectivity index (χ1v) is 9.53. The molecule has 0 atom stereocenters. The molecular weight excluding hydrogens is 415 g/mol. The van der Waals surface area contributed by atoms with Gasteiger partial charge in [0.05, 0.1) is 4.90 Å². The molecule has 2 aromatic carbocycles. The first kappa shape index (κ1) is 19.3. The van der Waals surface area contributed by atoms with Crippen LogP contribution in [-0.4, -0.2) is 18.5 Å². The summed E-state index contributed by atoms with van der Waals surface area (Å²) in [6, 6.07) is 12.8. The number of azo groups is 1. The van der Waals surface area contributed by atoms with E-state index < -0.39 is 10.0 Å². The van der Waals surface area contributed by atoms with Crippen molar-refractivity contribution in [1.82, 2.24) is 4.98 Å². The van der Waals surface area contributed by atoms with Gasteiger partial charge < -0.3 is 5.11 Å². The zero-order valence-electron chi connectivity index (χ0n) is 12.5. The van der Waals surface area contributed by atoms with E-state index in [9.17, 15) is 13.5 Å². The van der Waals surface area contributed by atoms with Gasteiger partial charge in [-0.15, -0.1) is 10.2 Å². The molecule has 134 valence electrons. The predicted octanol–water partition coefficient (Wildman–Crippen LogP) is 3.69. The number of hydrogen-bond donors (Lipinski definition) is 2. The van der Waals surface area contributed by atoms with Crippen LogP contribution in [0, 0.1) is 0 Å². The predicted molar refractivity (Wildman–Crippen MR) is 91.3 cm³/mol. The van der Waals surface area contributed by atoms with Gasteiger partial charge in [0.2, 0.25) is 10.0 Å². The van der Waals surface area contributed by atoms with Gasteiger partial charge in [0.25, 0.3) is 0 Å². The zero-order chi connectivity index (χ0) is 18.4. The van der Waals surface area contributed by atoms with Crippen molar-refractivity contribution >= 4 is 42.4 Å². The second-order valence-electron chi connectivity index (χ2n) is 4.72. The summed E-state index contributed by atoms with van der Waals surface area (Å²) in [5, 5.41) is 24.0. The summed E-state index contributed by atoms with van der Waals surface area (Å²) in [6.45, 7) is 0. The van der Waals surface area contributed by atoms with Gasteiger partial charge in [-0.05, 0) is 18.2 Å². The molecule has 0 fully saturated rings. The number of aromatic nitrogens is 1. The Labute approximate surface area is 156 Å². The maximum absolute atomic E-state index is 11.8. The van der Waals surface area contributed by atoms with Gasteiger partial charge >= 0.3 is 25.2 Å². The number of sulfonamides is 1. The molecule has 0 saturated heterocycles. The number of hydrogen-bond acceptors (Lipinski definition) is 6. The Kier molecular flexibility index (Phi) is 6.46. The Hall–Kier alpha value is -2.03. The Morgan fingerprint density at radius 3 is 2.28 bits per heavy atom. The number of rotatable bonds is 3. The molecule has 0 aliphatic carbocycles. The van der Waals surface area contributed by atoms with Crippen LogP contribution >= 0.6 is 10.1 Å². The van der Waals surface area contributed by atoms with Gasteiger partial charge in [0.1, 0.15) is 5.69 Å². The SMILES string of the molecule is NS(=O)(=O)c1cc(N=Nc2ccccn2)c(O)c2ccccc12.[Cl][Cu]. The third-order valence-corrected chi connectivity index (χ3v) is 4.12. The van der Waals surface area contributed by atoms with Crippen LogP contribution in [0.1, 0.15) is 0 Å². The number of phenolic OH excluding ortho intramolecular Hbond substituents is 1. The number of phenols is 1. The van der Waals surface area contributed by atoms with E-state index in [2.05, 4.69) is 40.4 Å². The summed E-state index contributed by atoms with van der Waals surface area (Å²) in [6.07, 6.45) is 1.55. The first-order valence-electron chi connectivity index (χ1n) is 6.68. The minimum absolute atomic E-state index is 0.00150. The first-order chi connectivity index (χ1) is 12.0. The van der Waals surface area contributed by atoms with Crippen LogP contribution in [0.4, 0.5) is 11.5 Å². The molecule has 3 aromatic rings. The number of pyridine rings is 1. The topological polar surface area (TPSA) is 118 Å². The van der Waals surface area contributed by atoms with Crippen molar-refractivity contribution < 1.29 is 28.6 Å². The van der Waals surface area contributed by atoms with E-state index >= 15 is 0 Å². The van der Waals surface area contributed by atoms with Gasteiger partial charge in [-0.1, -0.05) is 30.3 Å². The molecule has 0 saturated carbocycles. The number of benzene rings is 2. The van der Waals surface area contributed by atoms with E-state index in [4.69, 9.17) is 5.14 Å². The van der Waals surface area contributed by atoms with E-state index in [0.29, 0.717) is 16.6 Å². The number of halogens is 1. The molecule has 3 N–H and O–H groups in total. The molecule has 3 rings (SSSR count). The van der Waals surface area contributed by atoms with Crippen molar-refractivity contribution in [3.05, 3.63) is 54.7 Å². The second kappa shape index (κ2) is 8.37. The van der Waals surface area contributed by atoms with Crippen LogP contribution in [0.3, 0.4) is 0 Å². The van der Waals surface area contributed by atoms with Gasteiger partial charge in [0.15, 0.2) is 11.6 Å². The molecule has 1 heterocycles. The average Bonchev–Trinajstić information content (AvgIpc) is 2.63. The van der Waals surface area contributed by atoms with Crippen LogP contribution in [0.15, 0.2) is 69.9 Å². The van der Waals surface area contributed by atoms with Crippen molar-refractivity contribution in [2.75, 3.05) is 0 Å². The summed E-state index contributed by atoms with van der Waals surface area (Å²) >= 11 is 3.66. The van der Waals surface area contributed by atoms with E-state index in [-0.39, 0.29) is 16.3 Å². The average molecular weight is 427 g/mol. The molecule has 0 unspecified atom stereocenters. The molecule has 0 bridgehead atoms. The molecule has 25 heavy (non-hydrogen) atoms. The molecular formula is C15H12ClCuN4O3S. The molecule has 7 nitrogen and oxygen atoms in total. The summed E-state index contributed by atoms with van der Waals surface area (Å²) in [5.41, 5.74) is -0.00150. The Bertz CT molecular complexity index is 1010. The normalized spacial score (nSPS) is 11.4.